The molecule has 0 saturated carbocycles. The van der Waals surface area contributed by atoms with Crippen LogP contribution in [-0.2, 0) is 6.54 Å². The van der Waals surface area contributed by atoms with Gasteiger partial charge in [0.05, 0.1) is 12.2 Å². The van der Waals surface area contributed by atoms with Crippen LogP contribution < -0.4 is 0 Å². The Morgan fingerprint density at radius 3 is 1.88 bits per heavy atom. The molecule has 5 rings (SSSR count). The summed E-state index contributed by atoms with van der Waals surface area (Å²) in [5.41, 5.74) is 7.60. The highest BCUT2D eigenvalue weighted by Gasteiger charge is 2.11. The van der Waals surface area contributed by atoms with Crippen molar-refractivity contribution in [1.29, 1.82) is 0 Å². The maximum Gasteiger partial charge on any atom is 0.101 e. The summed E-state index contributed by atoms with van der Waals surface area (Å²) in [6, 6.07) is 39.4. The number of hydrogen-bond donors (Lipinski definition) is 0. The Morgan fingerprint density at radius 1 is 0.625 bits per heavy atom. The second kappa shape index (κ2) is 9.27. The molecule has 0 aliphatic rings. The first-order valence-electron chi connectivity index (χ1n) is 10.7. The highest BCUT2D eigenvalue weighted by molar-refractivity contribution is 5.89. The van der Waals surface area contributed by atoms with Crippen molar-refractivity contribution in [3.63, 3.8) is 0 Å². The van der Waals surface area contributed by atoms with E-state index in [1.54, 1.807) is 0 Å². The van der Waals surface area contributed by atoms with Crippen LogP contribution in [0, 0.1) is 0 Å². The Kier molecular flexibility index (Phi) is 5.71. The topological polar surface area (TPSA) is 30.2 Å². The van der Waals surface area contributed by atoms with E-state index in [0.29, 0.717) is 6.54 Å². The number of hydrogen-bond acceptors (Lipinski definition) is 2. The first kappa shape index (κ1) is 19.7. The van der Waals surface area contributed by atoms with Gasteiger partial charge in [0.25, 0.3) is 0 Å². The van der Waals surface area contributed by atoms with Gasteiger partial charge >= 0.3 is 0 Å². The summed E-state index contributed by atoms with van der Waals surface area (Å²) in [5, 5.41) is 4.90. The lowest BCUT2D eigenvalue weighted by Gasteiger charge is -2.04. The van der Waals surface area contributed by atoms with Crippen molar-refractivity contribution < 1.29 is 0 Å². The zero-order chi connectivity index (χ0) is 21.6. The molecule has 0 spiro atoms. The molecule has 0 aliphatic carbocycles. The van der Waals surface area contributed by atoms with E-state index in [4.69, 9.17) is 10.1 Å². The third kappa shape index (κ3) is 4.42. The highest BCUT2D eigenvalue weighted by atomic mass is 15.3. The third-order valence-electron chi connectivity index (χ3n) is 5.38. The third-order valence-corrected chi connectivity index (χ3v) is 5.38. The molecule has 0 amide bonds. The number of benzene rings is 4. The molecule has 0 bridgehead atoms. The van der Waals surface area contributed by atoms with E-state index in [1.165, 1.54) is 16.7 Å². The number of rotatable bonds is 6. The number of nitrogens with zero attached hydrogens (tertiary/aromatic N) is 3. The van der Waals surface area contributed by atoms with E-state index in [9.17, 15) is 0 Å². The van der Waals surface area contributed by atoms with E-state index in [2.05, 4.69) is 72.8 Å². The van der Waals surface area contributed by atoms with E-state index in [1.807, 2.05) is 59.6 Å². The molecule has 32 heavy (non-hydrogen) atoms. The van der Waals surface area contributed by atoms with E-state index < -0.39 is 0 Å². The van der Waals surface area contributed by atoms with Gasteiger partial charge in [-0.3, -0.25) is 4.99 Å². The molecular formula is C29H23N3. The van der Waals surface area contributed by atoms with Gasteiger partial charge in [-0.1, -0.05) is 103 Å². The average Bonchev–Trinajstić information content (AvgIpc) is 3.30. The van der Waals surface area contributed by atoms with Crippen molar-refractivity contribution in [2.75, 3.05) is 0 Å². The summed E-state index contributed by atoms with van der Waals surface area (Å²) in [5.74, 6) is 0. The lowest BCUT2D eigenvalue weighted by molar-refractivity contribution is 0.884. The van der Waals surface area contributed by atoms with Gasteiger partial charge in [-0.2, -0.15) is 5.10 Å². The molecule has 0 aliphatic heterocycles. The smallest absolute Gasteiger partial charge is 0.101 e. The Labute approximate surface area is 188 Å². The van der Waals surface area contributed by atoms with Gasteiger partial charge in [0, 0.05) is 23.5 Å². The molecule has 0 saturated heterocycles. The maximum atomic E-state index is 4.90. The van der Waals surface area contributed by atoms with Crippen LogP contribution >= 0.6 is 0 Å². The molecule has 0 radical (unpaired) electrons. The summed E-state index contributed by atoms with van der Waals surface area (Å²) in [4.78, 5) is 4.69. The number of aliphatic imine (C=N–C) groups is 1. The van der Waals surface area contributed by atoms with Gasteiger partial charge in [-0.05, 0) is 28.8 Å². The molecule has 4 aromatic carbocycles. The summed E-state index contributed by atoms with van der Waals surface area (Å²) >= 11 is 0. The summed E-state index contributed by atoms with van der Waals surface area (Å²) in [6.45, 7) is 0.643. The SMILES string of the molecule is C(=NCc1ccccc1)c1cn(-c2ccccc2)nc1-c1ccc(-c2ccccc2)cc1. The average molecular weight is 414 g/mol. The summed E-state index contributed by atoms with van der Waals surface area (Å²) in [7, 11) is 0. The fraction of sp³-hybridized carbons (Fsp3) is 0.0345. The predicted molar refractivity (Wildman–Crippen MR) is 132 cm³/mol. The fourth-order valence-electron chi connectivity index (χ4n) is 3.70. The Hall–Kier alpha value is -4.24. The molecule has 3 heteroatoms. The molecule has 0 N–H and O–H groups in total. The molecule has 0 atom stereocenters. The van der Waals surface area contributed by atoms with Crippen LogP contribution in [-0.4, -0.2) is 16.0 Å². The second-order valence-corrected chi connectivity index (χ2v) is 7.61. The molecule has 1 heterocycles. The van der Waals surface area contributed by atoms with Gasteiger partial charge in [0.15, 0.2) is 0 Å². The minimum atomic E-state index is 0.643. The first-order valence-corrected chi connectivity index (χ1v) is 10.7. The number of para-hydroxylation sites is 1. The molecule has 3 nitrogen and oxygen atoms in total. The zero-order valence-corrected chi connectivity index (χ0v) is 17.7. The quantitative estimate of drug-likeness (QED) is 0.281. The van der Waals surface area contributed by atoms with Crippen molar-refractivity contribution in [2.24, 2.45) is 4.99 Å². The molecular weight excluding hydrogens is 390 g/mol. The minimum Gasteiger partial charge on any atom is -0.288 e. The van der Waals surface area contributed by atoms with Gasteiger partial charge in [-0.15, -0.1) is 0 Å². The van der Waals surface area contributed by atoms with Crippen LogP contribution in [0.1, 0.15) is 11.1 Å². The Balaban J connectivity index is 1.49. The van der Waals surface area contributed by atoms with Crippen molar-refractivity contribution in [1.82, 2.24) is 9.78 Å². The molecule has 0 unspecified atom stereocenters. The molecule has 5 aromatic rings. The van der Waals surface area contributed by atoms with Gasteiger partial charge in [-0.25, -0.2) is 4.68 Å². The Bertz CT molecular complexity index is 1300. The second-order valence-electron chi connectivity index (χ2n) is 7.61. The van der Waals surface area contributed by atoms with Gasteiger partial charge in [0.1, 0.15) is 5.69 Å². The zero-order valence-electron chi connectivity index (χ0n) is 17.7. The van der Waals surface area contributed by atoms with Crippen molar-refractivity contribution in [3.05, 3.63) is 133 Å². The summed E-state index contributed by atoms with van der Waals surface area (Å²) in [6.07, 6.45) is 3.98. The molecule has 1 aromatic heterocycles. The fourth-order valence-corrected chi connectivity index (χ4v) is 3.70. The lowest BCUT2D eigenvalue weighted by atomic mass is 10.0. The van der Waals surface area contributed by atoms with Crippen LogP contribution in [0.4, 0.5) is 0 Å². The van der Waals surface area contributed by atoms with Crippen molar-refractivity contribution in [3.8, 4) is 28.1 Å². The minimum absolute atomic E-state index is 0.643. The maximum absolute atomic E-state index is 4.90. The van der Waals surface area contributed by atoms with Crippen LogP contribution in [0.25, 0.3) is 28.1 Å². The predicted octanol–water partition coefficient (Wildman–Crippen LogP) is 6.83. The van der Waals surface area contributed by atoms with Crippen LogP contribution in [0.5, 0.6) is 0 Å². The normalized spacial score (nSPS) is 11.1. The van der Waals surface area contributed by atoms with E-state index in [-0.39, 0.29) is 0 Å². The lowest BCUT2D eigenvalue weighted by Crippen LogP contribution is -1.94. The van der Waals surface area contributed by atoms with Crippen molar-refractivity contribution in [2.45, 2.75) is 6.54 Å². The van der Waals surface area contributed by atoms with Gasteiger partial charge in [0.2, 0.25) is 0 Å². The van der Waals surface area contributed by atoms with Gasteiger partial charge < -0.3 is 0 Å². The Morgan fingerprint density at radius 2 is 1.19 bits per heavy atom. The standard InChI is InChI=1S/C29H23N3/c1-4-10-23(11-5-1)20-30-21-27-22-32(28-14-8-3-9-15-28)31-29(27)26-18-16-25(17-19-26)24-12-6-2-7-13-24/h1-19,21-22H,20H2. The first-order chi connectivity index (χ1) is 15.9. The van der Waals surface area contributed by atoms with Crippen LogP contribution in [0.2, 0.25) is 0 Å². The van der Waals surface area contributed by atoms with Crippen LogP contribution in [0.15, 0.2) is 126 Å². The monoisotopic (exact) mass is 413 g/mol. The van der Waals surface area contributed by atoms with E-state index in [0.717, 1.165) is 22.5 Å². The summed E-state index contributed by atoms with van der Waals surface area (Å²) < 4.78 is 1.92. The van der Waals surface area contributed by atoms with Crippen LogP contribution in [0.3, 0.4) is 0 Å². The highest BCUT2D eigenvalue weighted by Crippen LogP contribution is 2.26. The molecule has 0 fully saturated rings. The molecule has 154 valence electrons. The largest absolute Gasteiger partial charge is 0.288 e. The van der Waals surface area contributed by atoms with E-state index >= 15 is 0 Å². The van der Waals surface area contributed by atoms with Crippen molar-refractivity contribution >= 4 is 6.21 Å². The number of aromatic nitrogens is 2.